The van der Waals surface area contributed by atoms with Gasteiger partial charge in [0, 0.05) is 51.0 Å². The van der Waals surface area contributed by atoms with Gasteiger partial charge in [-0.1, -0.05) is 12.1 Å². The molecule has 2 aromatic rings. The molecule has 1 aliphatic rings. The lowest BCUT2D eigenvalue weighted by Crippen LogP contribution is -2.45. The van der Waals surface area contributed by atoms with E-state index in [1.54, 1.807) is 12.1 Å². The van der Waals surface area contributed by atoms with Gasteiger partial charge in [-0.15, -0.1) is 12.4 Å². The molecule has 0 aliphatic carbocycles. The Kier molecular flexibility index (Phi) is 5.33. The van der Waals surface area contributed by atoms with E-state index in [-0.39, 0.29) is 24.3 Å². The maximum atomic E-state index is 13.4. The monoisotopic (exact) mass is 310 g/mol. The summed E-state index contributed by atoms with van der Waals surface area (Å²) >= 11 is 0. The molecule has 0 spiro atoms. The van der Waals surface area contributed by atoms with Gasteiger partial charge in [0.2, 0.25) is 0 Å². The zero-order valence-electron chi connectivity index (χ0n) is 12.0. The SMILES string of the molecule is Cl.Cn1cc(CN2CCNCC2c2cccc(F)c2)cn1. The van der Waals surface area contributed by atoms with Gasteiger partial charge in [-0.3, -0.25) is 9.58 Å². The Morgan fingerprint density at radius 3 is 3.00 bits per heavy atom. The first-order chi connectivity index (χ1) is 9.72. The first-order valence-electron chi connectivity index (χ1n) is 6.90. The van der Waals surface area contributed by atoms with Crippen molar-refractivity contribution in [2.75, 3.05) is 19.6 Å². The highest BCUT2D eigenvalue weighted by atomic mass is 35.5. The number of hydrogen-bond donors (Lipinski definition) is 1. The van der Waals surface area contributed by atoms with E-state index >= 15 is 0 Å². The Balaban J connectivity index is 0.00000161. The smallest absolute Gasteiger partial charge is 0.123 e. The van der Waals surface area contributed by atoms with E-state index < -0.39 is 0 Å². The van der Waals surface area contributed by atoms with Crippen molar-refractivity contribution in [2.45, 2.75) is 12.6 Å². The Hall–Kier alpha value is -1.43. The Bertz CT molecular complexity index is 587. The molecule has 1 unspecified atom stereocenters. The number of rotatable bonds is 3. The van der Waals surface area contributed by atoms with Crippen LogP contribution in [0.4, 0.5) is 4.39 Å². The van der Waals surface area contributed by atoms with E-state index in [0.717, 1.165) is 31.7 Å². The molecular weight excluding hydrogens is 291 g/mol. The van der Waals surface area contributed by atoms with Crippen molar-refractivity contribution < 1.29 is 4.39 Å². The molecule has 1 saturated heterocycles. The van der Waals surface area contributed by atoms with Crippen molar-refractivity contribution in [3.8, 4) is 0 Å². The summed E-state index contributed by atoms with van der Waals surface area (Å²) < 4.78 is 15.2. The average Bonchev–Trinajstić information content (AvgIpc) is 2.85. The van der Waals surface area contributed by atoms with Crippen LogP contribution < -0.4 is 5.32 Å². The Labute approximate surface area is 130 Å². The molecule has 2 heterocycles. The zero-order chi connectivity index (χ0) is 13.9. The minimum absolute atomic E-state index is 0. The fourth-order valence-corrected chi connectivity index (χ4v) is 2.77. The van der Waals surface area contributed by atoms with Crippen molar-refractivity contribution in [1.29, 1.82) is 0 Å². The van der Waals surface area contributed by atoms with E-state index in [2.05, 4.69) is 15.3 Å². The van der Waals surface area contributed by atoms with Crippen molar-refractivity contribution in [1.82, 2.24) is 20.0 Å². The Morgan fingerprint density at radius 2 is 2.29 bits per heavy atom. The van der Waals surface area contributed by atoms with E-state index in [1.165, 1.54) is 11.6 Å². The number of aromatic nitrogens is 2. The molecule has 0 amide bonds. The molecule has 3 rings (SSSR count). The fraction of sp³-hybridized carbons (Fsp3) is 0.400. The maximum absolute atomic E-state index is 13.4. The summed E-state index contributed by atoms with van der Waals surface area (Å²) in [5.41, 5.74) is 2.22. The highest BCUT2D eigenvalue weighted by Gasteiger charge is 2.24. The molecule has 1 aromatic carbocycles. The summed E-state index contributed by atoms with van der Waals surface area (Å²) in [5.74, 6) is -0.172. The molecular formula is C15H20ClFN4. The van der Waals surface area contributed by atoms with Gasteiger partial charge in [-0.05, 0) is 17.7 Å². The molecule has 6 heteroatoms. The summed E-state index contributed by atoms with van der Waals surface area (Å²) in [6.45, 7) is 3.61. The normalized spacial score (nSPS) is 19.2. The van der Waals surface area contributed by atoms with E-state index in [4.69, 9.17) is 0 Å². The molecule has 1 fully saturated rings. The molecule has 1 aromatic heterocycles. The van der Waals surface area contributed by atoms with Crippen molar-refractivity contribution in [3.63, 3.8) is 0 Å². The Morgan fingerprint density at radius 1 is 1.43 bits per heavy atom. The van der Waals surface area contributed by atoms with Crippen LogP contribution in [0.1, 0.15) is 17.2 Å². The molecule has 114 valence electrons. The van der Waals surface area contributed by atoms with Gasteiger partial charge >= 0.3 is 0 Å². The number of nitrogens with zero attached hydrogens (tertiary/aromatic N) is 3. The van der Waals surface area contributed by atoms with Crippen LogP contribution in [0.15, 0.2) is 36.7 Å². The number of nitrogens with one attached hydrogen (secondary N) is 1. The van der Waals surface area contributed by atoms with Crippen molar-refractivity contribution in [2.24, 2.45) is 7.05 Å². The fourth-order valence-electron chi connectivity index (χ4n) is 2.77. The standard InChI is InChI=1S/C15H19FN4.ClH/c1-19-10-12(8-18-19)11-20-6-5-17-9-15(20)13-3-2-4-14(16)7-13;/h2-4,7-8,10,15,17H,5-6,9,11H2,1H3;1H. The quantitative estimate of drug-likeness (QED) is 0.943. The zero-order valence-corrected chi connectivity index (χ0v) is 12.8. The van der Waals surface area contributed by atoms with Gasteiger partial charge in [0.1, 0.15) is 5.82 Å². The summed E-state index contributed by atoms with van der Waals surface area (Å²) in [5, 5.41) is 7.60. The van der Waals surface area contributed by atoms with Crippen LogP contribution in [0, 0.1) is 5.82 Å². The largest absolute Gasteiger partial charge is 0.314 e. The number of aryl methyl sites for hydroxylation is 1. The van der Waals surface area contributed by atoms with E-state index in [0.29, 0.717) is 0 Å². The second kappa shape index (κ2) is 7.02. The van der Waals surface area contributed by atoms with Gasteiger partial charge in [0.05, 0.1) is 6.20 Å². The molecule has 21 heavy (non-hydrogen) atoms. The maximum Gasteiger partial charge on any atom is 0.123 e. The number of benzene rings is 1. The van der Waals surface area contributed by atoms with Crippen LogP contribution in [0.2, 0.25) is 0 Å². The third-order valence-electron chi connectivity index (χ3n) is 3.73. The highest BCUT2D eigenvalue weighted by molar-refractivity contribution is 5.85. The van der Waals surface area contributed by atoms with Crippen LogP contribution in [-0.4, -0.2) is 34.3 Å². The van der Waals surface area contributed by atoms with Crippen molar-refractivity contribution >= 4 is 12.4 Å². The first kappa shape index (κ1) is 15.9. The molecule has 1 atom stereocenters. The predicted molar refractivity (Wildman–Crippen MR) is 82.9 cm³/mol. The lowest BCUT2D eigenvalue weighted by Gasteiger charge is -2.36. The van der Waals surface area contributed by atoms with Gasteiger partial charge in [-0.25, -0.2) is 4.39 Å². The van der Waals surface area contributed by atoms with Crippen LogP contribution in [0.5, 0.6) is 0 Å². The van der Waals surface area contributed by atoms with Gasteiger partial charge in [0.15, 0.2) is 0 Å². The second-order valence-electron chi connectivity index (χ2n) is 5.27. The predicted octanol–water partition coefficient (Wildman–Crippen LogP) is 2.13. The summed E-state index contributed by atoms with van der Waals surface area (Å²) in [4.78, 5) is 2.38. The molecule has 0 bridgehead atoms. The van der Waals surface area contributed by atoms with Gasteiger partial charge < -0.3 is 5.32 Å². The van der Waals surface area contributed by atoms with Gasteiger partial charge in [-0.2, -0.15) is 5.10 Å². The van der Waals surface area contributed by atoms with Crippen LogP contribution in [0.3, 0.4) is 0 Å². The molecule has 1 aliphatic heterocycles. The number of halogens is 2. The summed E-state index contributed by atoms with van der Waals surface area (Å²) in [6.07, 6.45) is 3.93. The average molecular weight is 311 g/mol. The van der Waals surface area contributed by atoms with E-state index in [1.807, 2.05) is 30.2 Å². The number of hydrogen-bond acceptors (Lipinski definition) is 3. The minimum atomic E-state index is -0.172. The van der Waals surface area contributed by atoms with Crippen LogP contribution >= 0.6 is 12.4 Å². The highest BCUT2D eigenvalue weighted by Crippen LogP contribution is 2.24. The molecule has 0 radical (unpaired) electrons. The minimum Gasteiger partial charge on any atom is -0.314 e. The molecule has 1 N–H and O–H groups in total. The molecule has 0 saturated carbocycles. The summed E-state index contributed by atoms with van der Waals surface area (Å²) in [7, 11) is 1.92. The third-order valence-corrected chi connectivity index (χ3v) is 3.73. The third kappa shape index (κ3) is 3.81. The van der Waals surface area contributed by atoms with Crippen LogP contribution in [-0.2, 0) is 13.6 Å². The summed E-state index contributed by atoms with van der Waals surface area (Å²) in [6, 6.07) is 7.11. The number of piperazine rings is 1. The van der Waals surface area contributed by atoms with Gasteiger partial charge in [0.25, 0.3) is 0 Å². The van der Waals surface area contributed by atoms with Crippen LogP contribution in [0.25, 0.3) is 0 Å². The molecule has 4 nitrogen and oxygen atoms in total. The second-order valence-corrected chi connectivity index (χ2v) is 5.27. The lowest BCUT2D eigenvalue weighted by atomic mass is 10.0. The lowest BCUT2D eigenvalue weighted by molar-refractivity contribution is 0.153. The van der Waals surface area contributed by atoms with E-state index in [9.17, 15) is 4.39 Å². The van der Waals surface area contributed by atoms with Crippen molar-refractivity contribution in [3.05, 3.63) is 53.6 Å². The first-order valence-corrected chi connectivity index (χ1v) is 6.90. The topological polar surface area (TPSA) is 33.1 Å².